The average Bonchev–Trinajstić information content (AvgIpc) is 3.08. The van der Waals surface area contributed by atoms with E-state index in [1.807, 2.05) is 6.92 Å². The lowest BCUT2D eigenvalue weighted by atomic mass is 10.1. The Bertz CT molecular complexity index is 689. The van der Waals surface area contributed by atoms with E-state index >= 15 is 0 Å². The highest BCUT2D eigenvalue weighted by molar-refractivity contribution is 6.31. The third-order valence-corrected chi connectivity index (χ3v) is 3.79. The lowest BCUT2D eigenvalue weighted by molar-refractivity contribution is -0.117. The van der Waals surface area contributed by atoms with Gasteiger partial charge in [0.2, 0.25) is 11.8 Å². The molecule has 7 heteroatoms. The molecule has 1 fully saturated rings. The summed E-state index contributed by atoms with van der Waals surface area (Å²) in [6.07, 6.45) is 0.883. The number of anilines is 1. The third kappa shape index (κ3) is 2.51. The van der Waals surface area contributed by atoms with Crippen LogP contribution in [-0.4, -0.2) is 22.6 Å². The van der Waals surface area contributed by atoms with Crippen molar-refractivity contribution in [2.75, 3.05) is 11.4 Å². The molecule has 1 amide bonds. The van der Waals surface area contributed by atoms with E-state index in [-0.39, 0.29) is 29.0 Å². The molecular formula is C14H13ClFN3O2. The monoisotopic (exact) mass is 309 g/mol. The third-order valence-electron chi connectivity index (χ3n) is 3.50. The number of hydrogen-bond acceptors (Lipinski definition) is 4. The summed E-state index contributed by atoms with van der Waals surface area (Å²) in [6, 6.07) is 4.60. The number of halogens is 2. The number of aromatic nitrogens is 2. The molecule has 1 aliphatic rings. The van der Waals surface area contributed by atoms with Crippen molar-refractivity contribution in [3.8, 4) is 0 Å². The van der Waals surface area contributed by atoms with Crippen LogP contribution in [0, 0.1) is 5.82 Å². The number of amides is 1. The molecule has 110 valence electrons. The van der Waals surface area contributed by atoms with E-state index in [0.29, 0.717) is 24.7 Å². The molecule has 0 aliphatic carbocycles. The standard InChI is InChI=1S/C14H13ClFN3O2/c1-2-11-17-14(21-18-11)8-6-12(20)19(7-8)10-5-3-4-9(15)13(10)16/h3-5,8H,2,6-7H2,1H3. The van der Waals surface area contributed by atoms with Gasteiger partial charge in [-0.1, -0.05) is 29.7 Å². The van der Waals surface area contributed by atoms with Crippen LogP contribution in [0.2, 0.25) is 5.02 Å². The minimum absolute atomic E-state index is 0.00481. The summed E-state index contributed by atoms with van der Waals surface area (Å²) < 4.78 is 19.2. The number of benzene rings is 1. The first kappa shape index (κ1) is 14.0. The van der Waals surface area contributed by atoms with Gasteiger partial charge in [0.15, 0.2) is 11.6 Å². The summed E-state index contributed by atoms with van der Waals surface area (Å²) in [6.45, 7) is 2.23. The fourth-order valence-corrected chi connectivity index (χ4v) is 2.55. The van der Waals surface area contributed by atoms with Crippen molar-refractivity contribution < 1.29 is 13.7 Å². The van der Waals surface area contributed by atoms with Crippen molar-refractivity contribution >= 4 is 23.2 Å². The van der Waals surface area contributed by atoms with E-state index in [1.54, 1.807) is 6.07 Å². The van der Waals surface area contributed by atoms with Gasteiger partial charge in [-0.2, -0.15) is 4.98 Å². The van der Waals surface area contributed by atoms with E-state index in [1.165, 1.54) is 17.0 Å². The van der Waals surface area contributed by atoms with Gasteiger partial charge < -0.3 is 9.42 Å². The molecule has 2 heterocycles. The minimum atomic E-state index is -0.590. The maximum Gasteiger partial charge on any atom is 0.232 e. The van der Waals surface area contributed by atoms with Crippen LogP contribution in [0.3, 0.4) is 0 Å². The number of nitrogens with zero attached hydrogens (tertiary/aromatic N) is 3. The number of carbonyl (C=O) groups excluding carboxylic acids is 1. The molecule has 1 saturated heterocycles. The summed E-state index contributed by atoms with van der Waals surface area (Å²) in [7, 11) is 0. The van der Waals surface area contributed by atoms with Gasteiger partial charge >= 0.3 is 0 Å². The van der Waals surface area contributed by atoms with Crippen molar-refractivity contribution in [2.45, 2.75) is 25.7 Å². The molecule has 1 atom stereocenters. The van der Waals surface area contributed by atoms with Crippen molar-refractivity contribution in [3.05, 3.63) is 40.8 Å². The molecule has 21 heavy (non-hydrogen) atoms. The quantitative estimate of drug-likeness (QED) is 0.874. The van der Waals surface area contributed by atoms with Gasteiger partial charge in [-0.25, -0.2) is 4.39 Å². The van der Waals surface area contributed by atoms with E-state index in [9.17, 15) is 9.18 Å². The lowest BCUT2D eigenvalue weighted by Gasteiger charge is -2.17. The smallest absolute Gasteiger partial charge is 0.232 e. The van der Waals surface area contributed by atoms with E-state index < -0.39 is 5.82 Å². The van der Waals surface area contributed by atoms with E-state index in [0.717, 1.165) is 0 Å². The summed E-state index contributed by atoms with van der Waals surface area (Å²) in [5.74, 6) is 0.0315. The maximum atomic E-state index is 14.0. The molecule has 1 aromatic heterocycles. The Kier molecular flexibility index (Phi) is 3.63. The van der Waals surface area contributed by atoms with Gasteiger partial charge in [0, 0.05) is 19.4 Å². The fourth-order valence-electron chi connectivity index (χ4n) is 2.38. The first-order valence-corrected chi connectivity index (χ1v) is 7.04. The zero-order valence-corrected chi connectivity index (χ0v) is 12.1. The van der Waals surface area contributed by atoms with Crippen molar-refractivity contribution in [3.63, 3.8) is 0 Å². The second-order valence-electron chi connectivity index (χ2n) is 4.88. The number of hydrogen-bond donors (Lipinski definition) is 0. The molecule has 0 radical (unpaired) electrons. The van der Waals surface area contributed by atoms with Crippen LogP contribution < -0.4 is 4.90 Å². The SMILES string of the molecule is CCc1noc(C2CC(=O)N(c3cccc(Cl)c3F)C2)n1. The molecule has 0 bridgehead atoms. The van der Waals surface area contributed by atoms with E-state index in [2.05, 4.69) is 10.1 Å². The topological polar surface area (TPSA) is 59.2 Å². The molecule has 0 spiro atoms. The zero-order chi connectivity index (χ0) is 15.0. The summed E-state index contributed by atoms with van der Waals surface area (Å²) in [4.78, 5) is 17.7. The van der Waals surface area contributed by atoms with Gasteiger partial charge in [-0.05, 0) is 12.1 Å². The highest BCUT2D eigenvalue weighted by atomic mass is 35.5. The maximum absolute atomic E-state index is 14.0. The molecule has 2 aromatic rings. The normalized spacial score (nSPS) is 18.5. The van der Waals surface area contributed by atoms with Crippen LogP contribution >= 0.6 is 11.6 Å². The summed E-state index contributed by atoms with van der Waals surface area (Å²) in [5.41, 5.74) is 0.185. The molecule has 3 rings (SSSR count). The molecular weight excluding hydrogens is 297 g/mol. The van der Waals surface area contributed by atoms with Gasteiger partial charge in [-0.15, -0.1) is 0 Å². The zero-order valence-electron chi connectivity index (χ0n) is 11.3. The van der Waals surface area contributed by atoms with Gasteiger partial charge in [0.25, 0.3) is 0 Å². The highest BCUT2D eigenvalue weighted by Crippen LogP contribution is 2.34. The Morgan fingerprint density at radius 3 is 3.05 bits per heavy atom. The van der Waals surface area contributed by atoms with E-state index in [4.69, 9.17) is 16.1 Å². The van der Waals surface area contributed by atoms with Crippen molar-refractivity contribution in [2.24, 2.45) is 0 Å². The largest absolute Gasteiger partial charge is 0.339 e. The van der Waals surface area contributed by atoms with Crippen LogP contribution in [0.25, 0.3) is 0 Å². The minimum Gasteiger partial charge on any atom is -0.339 e. The first-order chi connectivity index (χ1) is 10.1. The van der Waals surface area contributed by atoms with Crippen LogP contribution in [-0.2, 0) is 11.2 Å². The number of carbonyl (C=O) groups is 1. The predicted molar refractivity (Wildman–Crippen MR) is 74.8 cm³/mol. The van der Waals surface area contributed by atoms with Crippen molar-refractivity contribution in [1.82, 2.24) is 10.1 Å². The van der Waals surface area contributed by atoms with Crippen LogP contribution in [0.15, 0.2) is 22.7 Å². The molecule has 1 aromatic carbocycles. The number of aryl methyl sites for hydroxylation is 1. The second-order valence-corrected chi connectivity index (χ2v) is 5.29. The van der Waals surface area contributed by atoms with Gasteiger partial charge in [0.05, 0.1) is 16.6 Å². The fraction of sp³-hybridized carbons (Fsp3) is 0.357. The lowest BCUT2D eigenvalue weighted by Crippen LogP contribution is -2.25. The Hall–Kier alpha value is -1.95. The van der Waals surface area contributed by atoms with Crippen molar-refractivity contribution in [1.29, 1.82) is 0 Å². The molecule has 5 nitrogen and oxygen atoms in total. The Morgan fingerprint density at radius 2 is 2.33 bits per heavy atom. The summed E-state index contributed by atoms with van der Waals surface area (Å²) >= 11 is 5.76. The van der Waals surface area contributed by atoms with Crippen LogP contribution in [0.5, 0.6) is 0 Å². The Morgan fingerprint density at radius 1 is 1.52 bits per heavy atom. The van der Waals surface area contributed by atoms with Crippen LogP contribution in [0.1, 0.15) is 31.0 Å². The summed E-state index contributed by atoms with van der Waals surface area (Å²) in [5, 5.41) is 3.82. The molecule has 0 N–H and O–H groups in total. The van der Waals surface area contributed by atoms with Gasteiger partial charge in [0.1, 0.15) is 0 Å². The number of rotatable bonds is 3. The molecule has 0 saturated carbocycles. The first-order valence-electron chi connectivity index (χ1n) is 6.67. The van der Waals surface area contributed by atoms with Crippen LogP contribution in [0.4, 0.5) is 10.1 Å². The average molecular weight is 310 g/mol. The Balaban J connectivity index is 1.86. The Labute approximate surface area is 125 Å². The predicted octanol–water partition coefficient (Wildman–Crippen LogP) is 2.95. The van der Waals surface area contributed by atoms with Gasteiger partial charge in [-0.3, -0.25) is 4.79 Å². The highest BCUT2D eigenvalue weighted by Gasteiger charge is 2.36. The molecule has 1 unspecified atom stereocenters. The second kappa shape index (κ2) is 5.44. The molecule has 1 aliphatic heterocycles.